The molecule has 6 heteroatoms. The Hall–Kier alpha value is -2.63. The second kappa shape index (κ2) is 4.19. The predicted octanol–water partition coefficient (Wildman–Crippen LogP) is 2.05. The summed E-state index contributed by atoms with van der Waals surface area (Å²) in [6.07, 6.45) is 3.54. The molecule has 3 aromatic rings. The number of hydrogen-bond donors (Lipinski definition) is 1. The SMILES string of the molecule is Cc1cn(C)nc1-c1c(C)c(C(=O)O)c2cccnn12. The number of nitrogens with zero attached hydrogens (tertiary/aromatic N) is 4. The molecule has 0 atom stereocenters. The van der Waals surface area contributed by atoms with Gasteiger partial charge in [0.15, 0.2) is 0 Å². The van der Waals surface area contributed by atoms with Gasteiger partial charge in [0.25, 0.3) is 0 Å². The van der Waals surface area contributed by atoms with Gasteiger partial charge in [0.1, 0.15) is 5.69 Å². The van der Waals surface area contributed by atoms with Gasteiger partial charge in [-0.3, -0.25) is 4.68 Å². The van der Waals surface area contributed by atoms with Crippen LogP contribution in [0.4, 0.5) is 0 Å². The van der Waals surface area contributed by atoms with E-state index in [0.29, 0.717) is 11.1 Å². The number of fused-ring (bicyclic) bond motifs is 1. The van der Waals surface area contributed by atoms with Crippen LogP contribution in [0.25, 0.3) is 16.9 Å². The molecule has 0 unspecified atom stereocenters. The molecule has 0 radical (unpaired) electrons. The van der Waals surface area contributed by atoms with Crippen LogP contribution in [0.2, 0.25) is 0 Å². The van der Waals surface area contributed by atoms with Crippen LogP contribution in [-0.2, 0) is 7.05 Å². The van der Waals surface area contributed by atoms with E-state index in [4.69, 9.17) is 0 Å². The largest absolute Gasteiger partial charge is 0.478 e. The van der Waals surface area contributed by atoms with Crippen molar-refractivity contribution in [1.29, 1.82) is 0 Å². The van der Waals surface area contributed by atoms with E-state index in [-0.39, 0.29) is 5.56 Å². The van der Waals surface area contributed by atoms with Gasteiger partial charge in [-0.2, -0.15) is 10.2 Å². The van der Waals surface area contributed by atoms with Crippen LogP contribution in [0.1, 0.15) is 21.5 Å². The third kappa shape index (κ3) is 1.61. The Morgan fingerprint density at radius 1 is 1.35 bits per heavy atom. The molecule has 3 rings (SSSR count). The number of aromatic carboxylic acids is 1. The molecule has 1 N–H and O–H groups in total. The van der Waals surface area contributed by atoms with Gasteiger partial charge in [0.05, 0.1) is 16.8 Å². The third-order valence-electron chi connectivity index (χ3n) is 3.40. The lowest BCUT2D eigenvalue weighted by Crippen LogP contribution is -1.97. The molecule has 3 heterocycles. The van der Waals surface area contributed by atoms with Crippen molar-refractivity contribution in [3.05, 3.63) is 41.2 Å². The maximum Gasteiger partial charge on any atom is 0.338 e. The Morgan fingerprint density at radius 2 is 2.10 bits per heavy atom. The Balaban J connectivity index is 2.45. The summed E-state index contributed by atoms with van der Waals surface area (Å²) in [5.74, 6) is -0.951. The molecule has 0 amide bonds. The smallest absolute Gasteiger partial charge is 0.338 e. The van der Waals surface area contributed by atoms with Crippen LogP contribution in [0, 0.1) is 13.8 Å². The van der Waals surface area contributed by atoms with Crippen LogP contribution in [0.3, 0.4) is 0 Å². The molecular weight excluding hydrogens is 256 g/mol. The molecule has 20 heavy (non-hydrogen) atoms. The van der Waals surface area contributed by atoms with Gasteiger partial charge < -0.3 is 5.11 Å². The first-order chi connectivity index (χ1) is 9.50. The Morgan fingerprint density at radius 3 is 2.70 bits per heavy atom. The first kappa shape index (κ1) is 12.4. The van der Waals surface area contributed by atoms with Crippen molar-refractivity contribution in [2.45, 2.75) is 13.8 Å². The van der Waals surface area contributed by atoms with E-state index < -0.39 is 5.97 Å². The van der Waals surface area contributed by atoms with Crippen molar-refractivity contribution in [1.82, 2.24) is 19.4 Å². The fraction of sp³-hybridized carbons (Fsp3) is 0.214. The second-order valence-electron chi connectivity index (χ2n) is 4.81. The van der Waals surface area contributed by atoms with Gasteiger partial charge in [0.2, 0.25) is 0 Å². The number of carboxylic acids is 1. The van der Waals surface area contributed by atoms with E-state index in [0.717, 1.165) is 17.0 Å². The summed E-state index contributed by atoms with van der Waals surface area (Å²) in [6, 6.07) is 3.49. The topological polar surface area (TPSA) is 72.4 Å². The molecule has 0 aromatic carbocycles. The van der Waals surface area contributed by atoms with Crippen molar-refractivity contribution in [3.8, 4) is 11.4 Å². The van der Waals surface area contributed by atoms with Crippen molar-refractivity contribution in [2.24, 2.45) is 7.05 Å². The summed E-state index contributed by atoms with van der Waals surface area (Å²) in [5, 5.41) is 18.1. The van der Waals surface area contributed by atoms with E-state index in [9.17, 15) is 9.90 Å². The lowest BCUT2D eigenvalue weighted by Gasteiger charge is -2.00. The molecule has 3 aromatic heterocycles. The van der Waals surface area contributed by atoms with Crippen LogP contribution < -0.4 is 0 Å². The summed E-state index contributed by atoms with van der Waals surface area (Å²) in [5.41, 5.74) is 4.01. The highest BCUT2D eigenvalue weighted by atomic mass is 16.4. The standard InChI is InChI=1S/C14H14N4O2/c1-8-7-17(3)16-12(8)13-9(2)11(14(19)20)10-5-4-6-15-18(10)13/h4-7H,1-3H3,(H,19,20). The molecule has 0 saturated heterocycles. The van der Waals surface area contributed by atoms with Crippen LogP contribution in [0.15, 0.2) is 24.5 Å². The van der Waals surface area contributed by atoms with Crippen molar-refractivity contribution < 1.29 is 9.90 Å². The third-order valence-corrected chi connectivity index (χ3v) is 3.40. The van der Waals surface area contributed by atoms with E-state index in [1.165, 1.54) is 0 Å². The van der Waals surface area contributed by atoms with Gasteiger partial charge in [-0.05, 0) is 37.1 Å². The molecule has 102 valence electrons. The lowest BCUT2D eigenvalue weighted by molar-refractivity contribution is 0.0698. The fourth-order valence-corrected chi connectivity index (χ4v) is 2.60. The van der Waals surface area contributed by atoms with E-state index in [1.807, 2.05) is 20.2 Å². The maximum absolute atomic E-state index is 11.5. The van der Waals surface area contributed by atoms with Crippen molar-refractivity contribution in [3.63, 3.8) is 0 Å². The number of carbonyl (C=O) groups is 1. The first-order valence-electron chi connectivity index (χ1n) is 6.21. The molecule has 0 bridgehead atoms. The summed E-state index contributed by atoms with van der Waals surface area (Å²) < 4.78 is 3.36. The highest BCUT2D eigenvalue weighted by Gasteiger charge is 2.23. The highest BCUT2D eigenvalue weighted by Crippen LogP contribution is 2.31. The number of carboxylic acid groups (broad SMARTS) is 1. The first-order valence-corrected chi connectivity index (χ1v) is 6.21. The summed E-state index contributed by atoms with van der Waals surface area (Å²) in [7, 11) is 1.84. The minimum atomic E-state index is -0.951. The highest BCUT2D eigenvalue weighted by molar-refractivity contribution is 6.00. The lowest BCUT2D eigenvalue weighted by atomic mass is 10.1. The number of aromatic nitrogens is 4. The zero-order chi connectivity index (χ0) is 14.4. The van der Waals surface area contributed by atoms with Gasteiger partial charge in [-0.1, -0.05) is 0 Å². The molecule has 0 spiro atoms. The molecule has 0 fully saturated rings. The van der Waals surface area contributed by atoms with Crippen molar-refractivity contribution >= 4 is 11.5 Å². The molecule has 0 aliphatic rings. The number of rotatable bonds is 2. The minimum Gasteiger partial charge on any atom is -0.478 e. The van der Waals surface area contributed by atoms with Gasteiger partial charge in [-0.15, -0.1) is 0 Å². The summed E-state index contributed by atoms with van der Waals surface area (Å²) >= 11 is 0. The molecule has 6 nitrogen and oxygen atoms in total. The zero-order valence-electron chi connectivity index (χ0n) is 11.5. The van der Waals surface area contributed by atoms with Gasteiger partial charge in [0, 0.05) is 19.4 Å². The zero-order valence-corrected chi connectivity index (χ0v) is 11.5. The van der Waals surface area contributed by atoms with Crippen LogP contribution in [-0.4, -0.2) is 30.5 Å². The normalized spacial score (nSPS) is 11.2. The van der Waals surface area contributed by atoms with E-state index in [2.05, 4.69) is 10.2 Å². The van der Waals surface area contributed by atoms with Gasteiger partial charge >= 0.3 is 5.97 Å². The Labute approximate surface area is 115 Å². The maximum atomic E-state index is 11.5. The minimum absolute atomic E-state index is 0.276. The summed E-state index contributed by atoms with van der Waals surface area (Å²) in [6.45, 7) is 3.74. The van der Waals surface area contributed by atoms with E-state index >= 15 is 0 Å². The Bertz CT molecular complexity index is 829. The number of aryl methyl sites for hydroxylation is 2. The van der Waals surface area contributed by atoms with Crippen LogP contribution in [0.5, 0.6) is 0 Å². The number of hydrogen-bond acceptors (Lipinski definition) is 3. The monoisotopic (exact) mass is 270 g/mol. The second-order valence-corrected chi connectivity index (χ2v) is 4.81. The molecule has 0 aliphatic heterocycles. The summed E-state index contributed by atoms with van der Waals surface area (Å²) in [4.78, 5) is 11.5. The molecular formula is C14H14N4O2. The predicted molar refractivity (Wildman–Crippen MR) is 73.8 cm³/mol. The average molecular weight is 270 g/mol. The van der Waals surface area contributed by atoms with Crippen molar-refractivity contribution in [2.75, 3.05) is 0 Å². The average Bonchev–Trinajstić information content (AvgIpc) is 2.85. The quantitative estimate of drug-likeness (QED) is 0.773. The fourth-order valence-electron chi connectivity index (χ4n) is 2.60. The van der Waals surface area contributed by atoms with Crippen LogP contribution >= 0.6 is 0 Å². The molecule has 0 saturated carbocycles. The van der Waals surface area contributed by atoms with E-state index in [1.54, 1.807) is 34.5 Å². The van der Waals surface area contributed by atoms with Gasteiger partial charge in [-0.25, -0.2) is 9.31 Å². The molecule has 0 aliphatic carbocycles. The Kier molecular flexibility index (Phi) is 2.60.